The van der Waals surface area contributed by atoms with Crippen molar-refractivity contribution < 1.29 is 9.84 Å². The highest BCUT2D eigenvalue weighted by molar-refractivity contribution is 7.99. The third kappa shape index (κ3) is 3.22. The summed E-state index contributed by atoms with van der Waals surface area (Å²) in [4.78, 5) is 1.08. The molecule has 0 fully saturated rings. The van der Waals surface area contributed by atoms with Gasteiger partial charge in [-0.3, -0.25) is 0 Å². The van der Waals surface area contributed by atoms with Crippen molar-refractivity contribution >= 4 is 11.8 Å². The molecule has 0 aliphatic heterocycles. The largest absolute Gasteiger partial charge is 0.618 e. The molecular formula is C13H13NO2S. The minimum Gasteiger partial charge on any atom is -0.618 e. The number of benzene rings is 1. The summed E-state index contributed by atoms with van der Waals surface area (Å²) in [6, 6.07) is 14.8. The van der Waals surface area contributed by atoms with Crippen LogP contribution in [0.2, 0.25) is 0 Å². The molecule has 0 radical (unpaired) electrons. The fourth-order valence-electron chi connectivity index (χ4n) is 1.48. The summed E-state index contributed by atoms with van der Waals surface area (Å²) in [7, 11) is 0. The van der Waals surface area contributed by atoms with E-state index in [1.54, 1.807) is 18.2 Å². The van der Waals surface area contributed by atoms with Crippen molar-refractivity contribution in [2.75, 3.05) is 5.75 Å². The van der Waals surface area contributed by atoms with Gasteiger partial charge in [-0.15, -0.1) is 11.8 Å². The maximum Gasteiger partial charge on any atom is 0.222 e. The summed E-state index contributed by atoms with van der Waals surface area (Å²) in [5.41, 5.74) is 0.385. The number of pyridine rings is 1. The Morgan fingerprint density at radius 2 is 1.82 bits per heavy atom. The van der Waals surface area contributed by atoms with Gasteiger partial charge in [0.25, 0.3) is 0 Å². The number of aromatic nitrogens is 1. The first-order chi connectivity index (χ1) is 8.27. The number of aliphatic hydroxyl groups excluding tert-OH is 1. The van der Waals surface area contributed by atoms with Gasteiger partial charge < -0.3 is 10.3 Å². The van der Waals surface area contributed by atoms with E-state index in [2.05, 4.69) is 0 Å². The van der Waals surface area contributed by atoms with Gasteiger partial charge in [0.15, 0.2) is 6.20 Å². The van der Waals surface area contributed by atoms with Gasteiger partial charge >= 0.3 is 0 Å². The fourth-order valence-corrected chi connectivity index (χ4v) is 2.35. The Kier molecular flexibility index (Phi) is 4.01. The molecule has 0 bridgehead atoms. The highest BCUT2D eigenvalue weighted by atomic mass is 32.2. The Morgan fingerprint density at radius 3 is 2.53 bits per heavy atom. The minimum absolute atomic E-state index is 0.385. The Balaban J connectivity index is 1.99. The molecule has 17 heavy (non-hydrogen) atoms. The first kappa shape index (κ1) is 12.0. The zero-order valence-electron chi connectivity index (χ0n) is 9.19. The normalized spacial score (nSPS) is 12.3. The zero-order valence-corrected chi connectivity index (χ0v) is 10.0. The van der Waals surface area contributed by atoms with Crippen LogP contribution in [-0.2, 0) is 0 Å². The molecule has 0 spiro atoms. The lowest BCUT2D eigenvalue weighted by molar-refractivity contribution is -0.618. The fraction of sp³-hybridized carbons (Fsp3) is 0.154. The van der Waals surface area contributed by atoms with Gasteiger partial charge in [0.05, 0.1) is 0 Å². The van der Waals surface area contributed by atoms with E-state index in [0.29, 0.717) is 16.2 Å². The highest BCUT2D eigenvalue weighted by Gasteiger charge is 2.16. The predicted octanol–water partition coefficient (Wildman–Crippen LogP) is 2.15. The SMILES string of the molecule is [O-][n+]1ccccc1[C@H](O)CSc1ccccc1. The lowest BCUT2D eigenvalue weighted by Crippen LogP contribution is -2.33. The summed E-state index contributed by atoms with van der Waals surface area (Å²) < 4.78 is 0.705. The Labute approximate surface area is 104 Å². The van der Waals surface area contributed by atoms with Gasteiger partial charge in [0, 0.05) is 22.8 Å². The molecule has 1 heterocycles. The van der Waals surface area contributed by atoms with Gasteiger partial charge in [0.2, 0.25) is 5.69 Å². The molecule has 0 aliphatic carbocycles. The molecule has 0 saturated heterocycles. The molecule has 1 aromatic carbocycles. The third-order valence-corrected chi connectivity index (χ3v) is 3.43. The van der Waals surface area contributed by atoms with Crippen LogP contribution >= 0.6 is 11.8 Å². The topological polar surface area (TPSA) is 47.2 Å². The van der Waals surface area contributed by atoms with Crippen LogP contribution < -0.4 is 4.73 Å². The second kappa shape index (κ2) is 5.70. The summed E-state index contributed by atoms with van der Waals surface area (Å²) in [5, 5.41) is 21.3. The van der Waals surface area contributed by atoms with Gasteiger partial charge in [-0.05, 0) is 18.2 Å². The van der Waals surface area contributed by atoms with Crippen LogP contribution in [0.5, 0.6) is 0 Å². The summed E-state index contributed by atoms with van der Waals surface area (Å²) in [5.74, 6) is 0.469. The van der Waals surface area contributed by atoms with Gasteiger partial charge in [-0.2, -0.15) is 4.73 Å². The predicted molar refractivity (Wildman–Crippen MR) is 67.5 cm³/mol. The second-order valence-electron chi connectivity index (χ2n) is 3.59. The van der Waals surface area contributed by atoms with Crippen molar-refractivity contribution in [2.45, 2.75) is 11.0 Å². The van der Waals surface area contributed by atoms with E-state index in [1.807, 2.05) is 30.3 Å². The van der Waals surface area contributed by atoms with Crippen molar-refractivity contribution in [3.8, 4) is 0 Å². The molecule has 1 N–H and O–H groups in total. The lowest BCUT2D eigenvalue weighted by Gasteiger charge is -2.10. The van der Waals surface area contributed by atoms with Crippen LogP contribution in [0.25, 0.3) is 0 Å². The van der Waals surface area contributed by atoms with Crippen LogP contribution in [0.1, 0.15) is 11.8 Å². The molecule has 0 saturated carbocycles. The monoisotopic (exact) mass is 247 g/mol. The van der Waals surface area contributed by atoms with Crippen LogP contribution in [0.3, 0.4) is 0 Å². The Bertz CT molecular complexity index is 476. The highest BCUT2D eigenvalue weighted by Crippen LogP contribution is 2.22. The first-order valence-electron chi connectivity index (χ1n) is 5.31. The molecule has 0 amide bonds. The number of nitrogens with zero attached hydrogens (tertiary/aromatic N) is 1. The molecule has 1 aromatic heterocycles. The molecule has 3 nitrogen and oxygen atoms in total. The minimum atomic E-state index is -0.751. The summed E-state index contributed by atoms with van der Waals surface area (Å²) in [6.07, 6.45) is 0.644. The zero-order chi connectivity index (χ0) is 12.1. The van der Waals surface area contributed by atoms with Gasteiger partial charge in [-0.25, -0.2) is 0 Å². The van der Waals surface area contributed by atoms with Crippen LogP contribution in [0, 0.1) is 5.21 Å². The van der Waals surface area contributed by atoms with E-state index in [4.69, 9.17) is 0 Å². The average molecular weight is 247 g/mol. The summed E-state index contributed by atoms with van der Waals surface area (Å²) in [6.45, 7) is 0. The molecule has 2 aromatic rings. The van der Waals surface area contributed by atoms with Crippen molar-refractivity contribution in [3.05, 3.63) is 65.6 Å². The number of aliphatic hydroxyl groups is 1. The Hall–Kier alpha value is -1.52. The van der Waals surface area contributed by atoms with E-state index in [-0.39, 0.29) is 0 Å². The maximum atomic E-state index is 11.4. The van der Waals surface area contributed by atoms with Crippen molar-refractivity contribution in [1.29, 1.82) is 0 Å². The van der Waals surface area contributed by atoms with Gasteiger partial charge in [0.1, 0.15) is 6.10 Å². The van der Waals surface area contributed by atoms with Crippen LogP contribution in [0.4, 0.5) is 0 Å². The van der Waals surface area contributed by atoms with E-state index in [1.165, 1.54) is 18.0 Å². The third-order valence-electron chi connectivity index (χ3n) is 2.35. The van der Waals surface area contributed by atoms with Crippen molar-refractivity contribution in [2.24, 2.45) is 0 Å². The van der Waals surface area contributed by atoms with Crippen LogP contribution in [-0.4, -0.2) is 10.9 Å². The molecule has 2 rings (SSSR count). The van der Waals surface area contributed by atoms with E-state index in [9.17, 15) is 10.3 Å². The van der Waals surface area contributed by atoms with E-state index < -0.39 is 6.10 Å². The molecular weight excluding hydrogens is 234 g/mol. The van der Waals surface area contributed by atoms with E-state index >= 15 is 0 Å². The lowest BCUT2D eigenvalue weighted by atomic mass is 10.2. The standard InChI is InChI=1S/C13H13NO2S/c15-13(12-8-4-5-9-14(12)16)10-17-11-6-2-1-3-7-11/h1-9,13,15H,10H2/t13-/m1/s1. The number of thioether (sulfide) groups is 1. The maximum absolute atomic E-state index is 11.4. The van der Waals surface area contributed by atoms with Crippen molar-refractivity contribution in [3.63, 3.8) is 0 Å². The number of hydrogen-bond acceptors (Lipinski definition) is 3. The van der Waals surface area contributed by atoms with E-state index in [0.717, 1.165) is 4.90 Å². The quantitative estimate of drug-likeness (QED) is 0.511. The van der Waals surface area contributed by atoms with Crippen molar-refractivity contribution in [1.82, 2.24) is 0 Å². The molecule has 0 aliphatic rings. The average Bonchev–Trinajstić information content (AvgIpc) is 2.38. The number of hydrogen-bond donors (Lipinski definition) is 1. The summed E-state index contributed by atoms with van der Waals surface area (Å²) >= 11 is 1.53. The van der Waals surface area contributed by atoms with Gasteiger partial charge in [-0.1, -0.05) is 18.2 Å². The van der Waals surface area contributed by atoms with Crippen LogP contribution in [0.15, 0.2) is 59.6 Å². The number of rotatable bonds is 4. The molecule has 4 heteroatoms. The molecule has 0 unspecified atom stereocenters. The molecule has 88 valence electrons. The Morgan fingerprint density at radius 1 is 1.12 bits per heavy atom. The molecule has 1 atom stereocenters. The first-order valence-corrected chi connectivity index (χ1v) is 6.30. The second-order valence-corrected chi connectivity index (χ2v) is 4.68. The smallest absolute Gasteiger partial charge is 0.222 e.